The van der Waals surface area contributed by atoms with E-state index in [1.54, 1.807) is 36.0 Å². The third kappa shape index (κ3) is 4.12. The quantitative estimate of drug-likeness (QED) is 0.718. The van der Waals surface area contributed by atoms with Crippen LogP contribution in [0.3, 0.4) is 0 Å². The fourth-order valence-electron chi connectivity index (χ4n) is 4.24. The summed E-state index contributed by atoms with van der Waals surface area (Å²) in [6.07, 6.45) is 6.36. The molecule has 4 rings (SSSR count). The summed E-state index contributed by atoms with van der Waals surface area (Å²) in [5.41, 5.74) is 6.66. The SMILES string of the molecule is NC1=N[C@@]2(c3cc(NC(=O)c4ccc(Cl)cn4)ccc3F)CCCCC[C@H]2CS1. The van der Waals surface area contributed by atoms with Gasteiger partial charge in [-0.1, -0.05) is 42.6 Å². The number of hydrogen-bond donors (Lipinski definition) is 2. The van der Waals surface area contributed by atoms with Gasteiger partial charge in [-0.15, -0.1) is 0 Å². The molecular weight excluding hydrogens is 411 g/mol. The Morgan fingerprint density at radius 2 is 2.14 bits per heavy atom. The minimum atomic E-state index is -0.671. The maximum absolute atomic E-state index is 15.0. The van der Waals surface area contributed by atoms with E-state index in [4.69, 9.17) is 22.3 Å². The molecule has 0 radical (unpaired) electrons. The number of anilines is 1. The van der Waals surface area contributed by atoms with Crippen molar-refractivity contribution in [3.63, 3.8) is 0 Å². The fraction of sp³-hybridized carbons (Fsp3) is 0.381. The molecule has 2 heterocycles. The summed E-state index contributed by atoms with van der Waals surface area (Å²) in [6, 6.07) is 7.80. The Morgan fingerprint density at radius 1 is 1.28 bits per heavy atom. The van der Waals surface area contributed by atoms with Crippen LogP contribution in [-0.4, -0.2) is 21.8 Å². The van der Waals surface area contributed by atoms with Crippen LogP contribution < -0.4 is 11.1 Å². The number of carbonyl (C=O) groups is 1. The summed E-state index contributed by atoms with van der Waals surface area (Å²) in [5.74, 6) is 0.361. The number of aliphatic imine (C=N–C) groups is 1. The molecule has 1 aliphatic carbocycles. The first-order valence-electron chi connectivity index (χ1n) is 9.69. The lowest BCUT2D eigenvalue weighted by molar-refractivity contribution is 0.102. The summed E-state index contributed by atoms with van der Waals surface area (Å²) in [5, 5.41) is 3.76. The number of hydrogen-bond acceptors (Lipinski definition) is 5. The normalized spacial score (nSPS) is 24.2. The van der Waals surface area contributed by atoms with Crippen molar-refractivity contribution in [1.29, 1.82) is 0 Å². The maximum Gasteiger partial charge on any atom is 0.274 e. The van der Waals surface area contributed by atoms with Gasteiger partial charge in [-0.25, -0.2) is 9.37 Å². The van der Waals surface area contributed by atoms with Crippen molar-refractivity contribution in [3.05, 3.63) is 58.6 Å². The van der Waals surface area contributed by atoms with E-state index in [0.29, 0.717) is 21.4 Å². The minimum absolute atomic E-state index is 0.223. The highest BCUT2D eigenvalue weighted by atomic mass is 35.5. The highest BCUT2D eigenvalue weighted by molar-refractivity contribution is 8.13. The summed E-state index contributed by atoms with van der Waals surface area (Å²) >= 11 is 7.37. The fourth-order valence-corrected chi connectivity index (χ4v) is 5.40. The molecule has 5 nitrogen and oxygen atoms in total. The van der Waals surface area contributed by atoms with Gasteiger partial charge in [0, 0.05) is 23.2 Å². The van der Waals surface area contributed by atoms with Crippen LogP contribution in [0.15, 0.2) is 41.5 Å². The van der Waals surface area contributed by atoms with Crippen LogP contribution in [0.1, 0.15) is 48.2 Å². The molecule has 0 unspecified atom stereocenters. The number of rotatable bonds is 3. The molecule has 2 aliphatic rings. The maximum atomic E-state index is 15.0. The van der Waals surface area contributed by atoms with Crippen LogP contribution in [0.2, 0.25) is 5.02 Å². The first-order valence-corrected chi connectivity index (χ1v) is 11.1. The van der Waals surface area contributed by atoms with Gasteiger partial charge in [0.25, 0.3) is 5.91 Å². The number of amides is 1. The Morgan fingerprint density at radius 3 is 2.93 bits per heavy atom. The Hall–Kier alpha value is -2.12. The molecule has 3 N–H and O–H groups in total. The van der Waals surface area contributed by atoms with Crippen molar-refractivity contribution in [2.24, 2.45) is 16.6 Å². The minimum Gasteiger partial charge on any atom is -0.379 e. The number of nitrogens with two attached hydrogens (primary N) is 1. The van der Waals surface area contributed by atoms with E-state index in [1.807, 2.05) is 0 Å². The number of nitrogens with one attached hydrogen (secondary N) is 1. The Labute approximate surface area is 178 Å². The van der Waals surface area contributed by atoms with Gasteiger partial charge in [-0.3, -0.25) is 9.79 Å². The third-order valence-corrected chi connectivity index (χ3v) is 6.86. The zero-order chi connectivity index (χ0) is 20.4. The largest absolute Gasteiger partial charge is 0.379 e. The van der Waals surface area contributed by atoms with E-state index in [2.05, 4.69) is 10.3 Å². The predicted molar refractivity (Wildman–Crippen MR) is 116 cm³/mol. The molecule has 1 aliphatic heterocycles. The van der Waals surface area contributed by atoms with E-state index in [-0.39, 0.29) is 23.3 Å². The van der Waals surface area contributed by atoms with Gasteiger partial charge in [-0.2, -0.15) is 0 Å². The second-order valence-corrected chi connectivity index (χ2v) is 8.97. The van der Waals surface area contributed by atoms with Crippen LogP contribution in [0.25, 0.3) is 0 Å². The first-order chi connectivity index (χ1) is 14.0. The Bertz CT molecular complexity index is 952. The molecule has 0 bridgehead atoms. The molecule has 2 atom stereocenters. The number of benzene rings is 1. The molecule has 29 heavy (non-hydrogen) atoms. The molecule has 1 aromatic heterocycles. The zero-order valence-corrected chi connectivity index (χ0v) is 17.4. The number of aromatic nitrogens is 1. The smallest absolute Gasteiger partial charge is 0.274 e. The number of halogens is 2. The van der Waals surface area contributed by atoms with Crippen LogP contribution in [0.4, 0.5) is 10.1 Å². The molecule has 1 aromatic carbocycles. The van der Waals surface area contributed by atoms with Crippen LogP contribution in [0.5, 0.6) is 0 Å². The topological polar surface area (TPSA) is 80.4 Å². The second-order valence-electron chi connectivity index (χ2n) is 7.49. The summed E-state index contributed by atoms with van der Waals surface area (Å²) in [7, 11) is 0. The van der Waals surface area contributed by atoms with E-state index in [9.17, 15) is 4.79 Å². The predicted octanol–water partition coefficient (Wildman–Crippen LogP) is 4.96. The molecule has 152 valence electrons. The molecule has 0 spiro atoms. The number of carbonyl (C=O) groups excluding carboxylic acids is 1. The van der Waals surface area contributed by atoms with Gasteiger partial charge >= 0.3 is 0 Å². The van der Waals surface area contributed by atoms with E-state index in [1.165, 1.54) is 12.3 Å². The van der Waals surface area contributed by atoms with Crippen LogP contribution in [-0.2, 0) is 5.54 Å². The molecule has 2 aromatic rings. The number of amidine groups is 1. The highest BCUT2D eigenvalue weighted by Gasteiger charge is 2.45. The molecule has 1 saturated carbocycles. The summed E-state index contributed by atoms with van der Waals surface area (Å²) in [6.45, 7) is 0. The average Bonchev–Trinajstić information content (AvgIpc) is 2.92. The monoisotopic (exact) mass is 432 g/mol. The molecule has 1 fully saturated rings. The zero-order valence-electron chi connectivity index (χ0n) is 15.8. The Balaban J connectivity index is 1.69. The van der Waals surface area contributed by atoms with Gasteiger partial charge in [0.2, 0.25) is 0 Å². The first kappa shape index (κ1) is 20.2. The average molecular weight is 433 g/mol. The Kier molecular flexibility index (Phi) is 5.79. The van der Waals surface area contributed by atoms with Gasteiger partial charge in [0.05, 0.1) is 10.6 Å². The van der Waals surface area contributed by atoms with E-state index < -0.39 is 5.54 Å². The van der Waals surface area contributed by atoms with Gasteiger partial charge in [-0.05, 0) is 49.1 Å². The van der Waals surface area contributed by atoms with E-state index >= 15 is 4.39 Å². The summed E-state index contributed by atoms with van der Waals surface area (Å²) in [4.78, 5) is 21.3. The number of fused-ring (bicyclic) bond motifs is 1. The van der Waals surface area contributed by atoms with Gasteiger partial charge < -0.3 is 11.1 Å². The number of pyridine rings is 1. The van der Waals surface area contributed by atoms with Crippen molar-refractivity contribution < 1.29 is 9.18 Å². The van der Waals surface area contributed by atoms with Crippen molar-refractivity contribution in [2.45, 2.75) is 37.6 Å². The molecular formula is C21H22ClFN4OS. The third-order valence-electron chi connectivity index (χ3n) is 5.68. The standard InChI is InChI=1S/C21H22ClFN4OS/c22-14-5-8-18(25-11-14)19(28)26-15-6-7-17(23)16(10-15)21-9-3-1-2-4-13(21)12-29-20(24)27-21/h5-8,10-11,13H,1-4,9,12H2,(H2,24,27)(H,26,28)/t13-,21-/m0/s1. The number of thioether (sulfide) groups is 1. The lowest BCUT2D eigenvalue weighted by Gasteiger charge is -2.40. The number of nitrogens with zero attached hydrogens (tertiary/aromatic N) is 2. The summed E-state index contributed by atoms with van der Waals surface area (Å²) < 4.78 is 15.0. The molecule has 0 saturated heterocycles. The molecule has 1 amide bonds. The van der Waals surface area contributed by atoms with Crippen molar-refractivity contribution in [1.82, 2.24) is 4.98 Å². The van der Waals surface area contributed by atoms with Crippen molar-refractivity contribution >= 4 is 40.1 Å². The van der Waals surface area contributed by atoms with Crippen molar-refractivity contribution in [3.8, 4) is 0 Å². The van der Waals surface area contributed by atoms with Gasteiger partial charge in [0.1, 0.15) is 11.5 Å². The van der Waals surface area contributed by atoms with E-state index in [0.717, 1.165) is 37.9 Å². The highest BCUT2D eigenvalue weighted by Crippen LogP contribution is 2.49. The lowest BCUT2D eigenvalue weighted by Crippen LogP contribution is -2.40. The lowest BCUT2D eigenvalue weighted by atomic mass is 9.75. The second kappa shape index (κ2) is 8.32. The van der Waals surface area contributed by atoms with Gasteiger partial charge in [0.15, 0.2) is 5.17 Å². The van der Waals surface area contributed by atoms with Crippen molar-refractivity contribution in [2.75, 3.05) is 11.1 Å². The molecule has 8 heteroatoms. The van der Waals surface area contributed by atoms with Crippen LogP contribution >= 0.6 is 23.4 Å². The van der Waals surface area contributed by atoms with Crippen LogP contribution in [0, 0.1) is 11.7 Å².